The van der Waals surface area contributed by atoms with Crippen molar-refractivity contribution in [2.45, 2.75) is 43.7 Å². The van der Waals surface area contributed by atoms with E-state index in [0.717, 1.165) is 44.5 Å². The third-order valence-corrected chi connectivity index (χ3v) is 6.58. The van der Waals surface area contributed by atoms with Crippen molar-refractivity contribution < 1.29 is 9.84 Å². The molecule has 2 fully saturated rings. The Balaban J connectivity index is 1.63. The van der Waals surface area contributed by atoms with E-state index in [1.54, 1.807) is 7.11 Å². The average molecular weight is 378 g/mol. The molecule has 0 spiro atoms. The fourth-order valence-electron chi connectivity index (χ4n) is 5.16. The number of benzene rings is 2. The molecule has 2 aromatic rings. The zero-order valence-electron chi connectivity index (χ0n) is 16.8. The number of para-hydroxylation sites is 1. The van der Waals surface area contributed by atoms with E-state index in [1.807, 2.05) is 18.2 Å². The molecule has 0 amide bonds. The zero-order valence-corrected chi connectivity index (χ0v) is 16.8. The molecule has 3 nitrogen and oxygen atoms in total. The summed E-state index contributed by atoms with van der Waals surface area (Å²) in [7, 11) is 1.74. The Morgan fingerprint density at radius 2 is 1.86 bits per heavy atom. The van der Waals surface area contributed by atoms with Crippen LogP contribution in [-0.2, 0) is 0 Å². The van der Waals surface area contributed by atoms with E-state index in [9.17, 15) is 5.11 Å². The van der Waals surface area contributed by atoms with Gasteiger partial charge in [-0.1, -0.05) is 73.5 Å². The number of hydrogen-bond acceptors (Lipinski definition) is 3. The Kier molecular flexibility index (Phi) is 5.84. The smallest absolute Gasteiger partial charge is 0.123 e. The molecular formula is C25H31NO2. The van der Waals surface area contributed by atoms with Crippen molar-refractivity contribution in [2.24, 2.45) is 5.92 Å². The van der Waals surface area contributed by atoms with Gasteiger partial charge < -0.3 is 9.84 Å². The Hall–Kier alpha value is -2.10. The van der Waals surface area contributed by atoms with Gasteiger partial charge in [0.15, 0.2) is 0 Å². The molecule has 2 aromatic carbocycles. The second-order valence-corrected chi connectivity index (χ2v) is 8.20. The summed E-state index contributed by atoms with van der Waals surface area (Å²) in [5, 5.41) is 11.4. The molecule has 0 unspecified atom stereocenters. The minimum atomic E-state index is -0.538. The summed E-state index contributed by atoms with van der Waals surface area (Å²) in [5.74, 6) is 1.19. The Labute approximate surface area is 168 Å². The SMILES string of the molecule is COc1ccccc1[C@H]1[C@H]2CCCC[C@]2(O)CCN1CC=Cc1ccccc1. The summed E-state index contributed by atoms with van der Waals surface area (Å²) >= 11 is 0. The van der Waals surface area contributed by atoms with Gasteiger partial charge in [0, 0.05) is 30.6 Å². The fourth-order valence-corrected chi connectivity index (χ4v) is 5.16. The van der Waals surface area contributed by atoms with Gasteiger partial charge >= 0.3 is 0 Å². The molecule has 1 aliphatic heterocycles. The molecular weight excluding hydrogens is 346 g/mol. The fraction of sp³-hybridized carbons (Fsp3) is 0.440. The highest BCUT2D eigenvalue weighted by Crippen LogP contribution is 2.50. The number of ether oxygens (including phenoxy) is 1. The van der Waals surface area contributed by atoms with Gasteiger partial charge in [-0.05, 0) is 30.9 Å². The number of methoxy groups -OCH3 is 1. The van der Waals surface area contributed by atoms with Gasteiger partial charge in [0.2, 0.25) is 0 Å². The highest BCUT2D eigenvalue weighted by molar-refractivity contribution is 5.49. The second-order valence-electron chi connectivity index (χ2n) is 8.20. The summed E-state index contributed by atoms with van der Waals surface area (Å²) in [6, 6.07) is 19.0. The average Bonchev–Trinajstić information content (AvgIpc) is 2.74. The summed E-state index contributed by atoms with van der Waals surface area (Å²) < 4.78 is 5.71. The largest absolute Gasteiger partial charge is 0.496 e. The summed E-state index contributed by atoms with van der Waals surface area (Å²) in [6.45, 7) is 1.79. The zero-order chi connectivity index (χ0) is 19.4. The third kappa shape index (κ3) is 3.87. The molecule has 0 aromatic heterocycles. The lowest BCUT2D eigenvalue weighted by Crippen LogP contribution is -2.54. The maximum atomic E-state index is 11.4. The summed E-state index contributed by atoms with van der Waals surface area (Å²) in [5.41, 5.74) is 1.90. The van der Waals surface area contributed by atoms with Crippen LogP contribution in [0.5, 0.6) is 5.75 Å². The molecule has 1 saturated carbocycles. The number of piperidine rings is 1. The number of hydrogen-bond donors (Lipinski definition) is 1. The number of nitrogens with zero attached hydrogens (tertiary/aromatic N) is 1. The quantitative estimate of drug-likeness (QED) is 0.789. The molecule has 148 valence electrons. The topological polar surface area (TPSA) is 32.7 Å². The highest BCUT2D eigenvalue weighted by atomic mass is 16.5. The standard InChI is InChI=1S/C25H31NO2/c1-28-23-15-6-5-13-21(23)24-22-14-7-8-16-25(22,27)17-19-26(24)18-9-12-20-10-3-2-4-11-20/h2-6,9-13,15,22,24,27H,7-8,14,16-19H2,1H3/t22-,24+,25+/m1/s1. The lowest BCUT2D eigenvalue weighted by Gasteiger charge is -2.52. The van der Waals surface area contributed by atoms with Crippen LogP contribution in [0.15, 0.2) is 60.7 Å². The monoisotopic (exact) mass is 377 g/mol. The van der Waals surface area contributed by atoms with E-state index in [-0.39, 0.29) is 12.0 Å². The molecule has 0 radical (unpaired) electrons. The first-order valence-corrected chi connectivity index (χ1v) is 10.5. The minimum absolute atomic E-state index is 0.190. The van der Waals surface area contributed by atoms with Crippen LogP contribution in [0.4, 0.5) is 0 Å². The van der Waals surface area contributed by atoms with Crippen LogP contribution in [0, 0.1) is 5.92 Å². The Morgan fingerprint density at radius 3 is 2.68 bits per heavy atom. The van der Waals surface area contributed by atoms with E-state index < -0.39 is 5.60 Å². The van der Waals surface area contributed by atoms with Gasteiger partial charge in [0.25, 0.3) is 0 Å². The lowest BCUT2D eigenvalue weighted by atomic mass is 9.66. The molecule has 1 saturated heterocycles. The first-order valence-electron chi connectivity index (χ1n) is 10.5. The van der Waals surface area contributed by atoms with Crippen LogP contribution in [0.25, 0.3) is 6.08 Å². The van der Waals surface area contributed by atoms with Gasteiger partial charge in [0.1, 0.15) is 5.75 Å². The van der Waals surface area contributed by atoms with Crippen LogP contribution < -0.4 is 4.74 Å². The van der Waals surface area contributed by atoms with E-state index >= 15 is 0 Å². The molecule has 3 atom stereocenters. The van der Waals surface area contributed by atoms with Crippen molar-refractivity contribution in [1.29, 1.82) is 0 Å². The van der Waals surface area contributed by atoms with Crippen LogP contribution in [-0.4, -0.2) is 35.8 Å². The molecule has 1 heterocycles. The normalized spacial score (nSPS) is 28.2. The van der Waals surface area contributed by atoms with Crippen molar-refractivity contribution in [3.63, 3.8) is 0 Å². The van der Waals surface area contributed by atoms with Crippen LogP contribution in [0.3, 0.4) is 0 Å². The first kappa shape index (κ1) is 19.2. The number of likely N-dealkylation sites (tertiary alicyclic amines) is 1. The molecule has 1 N–H and O–H groups in total. The summed E-state index contributed by atoms with van der Waals surface area (Å²) in [4.78, 5) is 2.53. The molecule has 0 bridgehead atoms. The van der Waals surface area contributed by atoms with Crippen molar-refractivity contribution in [2.75, 3.05) is 20.2 Å². The van der Waals surface area contributed by atoms with E-state index in [1.165, 1.54) is 17.5 Å². The van der Waals surface area contributed by atoms with E-state index in [2.05, 4.69) is 53.5 Å². The number of aliphatic hydroxyl groups is 1. The highest BCUT2D eigenvalue weighted by Gasteiger charge is 2.49. The molecule has 4 rings (SSSR count). The molecule has 3 heteroatoms. The van der Waals surface area contributed by atoms with Crippen LogP contribution >= 0.6 is 0 Å². The maximum Gasteiger partial charge on any atom is 0.123 e. The molecule has 2 aliphatic rings. The van der Waals surface area contributed by atoms with Crippen molar-refractivity contribution in [3.8, 4) is 5.75 Å². The van der Waals surface area contributed by atoms with Gasteiger partial charge in [0.05, 0.1) is 12.7 Å². The van der Waals surface area contributed by atoms with Crippen molar-refractivity contribution in [3.05, 3.63) is 71.8 Å². The number of rotatable bonds is 5. The minimum Gasteiger partial charge on any atom is -0.496 e. The first-order chi connectivity index (χ1) is 13.7. The van der Waals surface area contributed by atoms with Gasteiger partial charge in [-0.2, -0.15) is 0 Å². The van der Waals surface area contributed by atoms with Gasteiger partial charge in [-0.25, -0.2) is 0 Å². The molecule has 1 aliphatic carbocycles. The van der Waals surface area contributed by atoms with Crippen molar-refractivity contribution in [1.82, 2.24) is 4.90 Å². The maximum absolute atomic E-state index is 11.4. The predicted molar refractivity (Wildman–Crippen MR) is 114 cm³/mol. The summed E-state index contributed by atoms with van der Waals surface area (Å²) in [6.07, 6.45) is 9.66. The Bertz CT molecular complexity index is 803. The van der Waals surface area contributed by atoms with Crippen molar-refractivity contribution >= 4 is 6.08 Å². The van der Waals surface area contributed by atoms with E-state index in [4.69, 9.17) is 4.74 Å². The lowest BCUT2D eigenvalue weighted by molar-refractivity contribution is -0.122. The second kappa shape index (κ2) is 8.50. The van der Waals surface area contributed by atoms with Crippen LogP contribution in [0.2, 0.25) is 0 Å². The van der Waals surface area contributed by atoms with Gasteiger partial charge in [-0.3, -0.25) is 4.90 Å². The Morgan fingerprint density at radius 1 is 1.07 bits per heavy atom. The van der Waals surface area contributed by atoms with E-state index in [0.29, 0.717) is 0 Å². The predicted octanol–water partition coefficient (Wildman–Crippen LogP) is 5.08. The van der Waals surface area contributed by atoms with Crippen LogP contribution in [0.1, 0.15) is 49.3 Å². The van der Waals surface area contributed by atoms with Gasteiger partial charge in [-0.15, -0.1) is 0 Å². The number of fused-ring (bicyclic) bond motifs is 1. The molecule has 28 heavy (non-hydrogen) atoms. The third-order valence-electron chi connectivity index (χ3n) is 6.58.